The summed E-state index contributed by atoms with van der Waals surface area (Å²) in [7, 11) is 0. The lowest BCUT2D eigenvalue weighted by Gasteiger charge is -2.21. The molecule has 0 saturated heterocycles. The summed E-state index contributed by atoms with van der Waals surface area (Å²) in [5.74, 6) is 1.55. The van der Waals surface area contributed by atoms with Crippen LogP contribution in [-0.4, -0.2) is 5.33 Å². The fourth-order valence-electron chi connectivity index (χ4n) is 2.02. The van der Waals surface area contributed by atoms with Crippen LogP contribution in [0.1, 0.15) is 32.3 Å². The van der Waals surface area contributed by atoms with Gasteiger partial charge in [0.1, 0.15) is 0 Å². The van der Waals surface area contributed by atoms with Crippen LogP contribution >= 0.6 is 31.9 Å². The van der Waals surface area contributed by atoms with Crippen molar-refractivity contribution in [3.8, 4) is 0 Å². The minimum atomic E-state index is 0.751. The van der Waals surface area contributed by atoms with Crippen LogP contribution in [-0.2, 0) is 6.42 Å². The molecule has 0 amide bonds. The lowest BCUT2D eigenvalue weighted by atomic mass is 9.87. The van der Waals surface area contributed by atoms with Crippen LogP contribution in [0, 0.1) is 11.8 Å². The van der Waals surface area contributed by atoms with E-state index in [1.54, 1.807) is 0 Å². The van der Waals surface area contributed by atoms with Crippen LogP contribution in [0.15, 0.2) is 28.7 Å². The van der Waals surface area contributed by atoms with Crippen molar-refractivity contribution in [1.82, 2.24) is 0 Å². The van der Waals surface area contributed by atoms with Gasteiger partial charge in [-0.2, -0.15) is 0 Å². The summed E-state index contributed by atoms with van der Waals surface area (Å²) in [5.41, 5.74) is 1.44. The Morgan fingerprint density at radius 1 is 1.19 bits per heavy atom. The van der Waals surface area contributed by atoms with E-state index in [1.807, 2.05) is 0 Å². The van der Waals surface area contributed by atoms with E-state index in [9.17, 15) is 0 Å². The number of rotatable bonds is 6. The number of benzene rings is 1. The summed E-state index contributed by atoms with van der Waals surface area (Å²) in [6.07, 6.45) is 3.79. The maximum absolute atomic E-state index is 3.65. The molecule has 0 radical (unpaired) electrons. The predicted octanol–water partition coefficient (Wildman–Crippen LogP) is 5.44. The van der Waals surface area contributed by atoms with Crippen LogP contribution in [0.2, 0.25) is 0 Å². The molecule has 2 unspecified atom stereocenters. The van der Waals surface area contributed by atoms with Gasteiger partial charge in [0.05, 0.1) is 0 Å². The molecule has 2 atom stereocenters. The monoisotopic (exact) mass is 346 g/mol. The average Bonchev–Trinajstić information content (AvgIpc) is 2.28. The molecule has 1 rings (SSSR count). The van der Waals surface area contributed by atoms with Gasteiger partial charge in [0.25, 0.3) is 0 Å². The molecule has 0 aromatic heterocycles. The summed E-state index contributed by atoms with van der Waals surface area (Å²) < 4.78 is 1.16. The quantitative estimate of drug-likeness (QED) is 0.601. The van der Waals surface area contributed by atoms with Crippen molar-refractivity contribution in [2.75, 3.05) is 5.33 Å². The molecule has 16 heavy (non-hydrogen) atoms. The first-order valence-corrected chi connectivity index (χ1v) is 7.89. The van der Waals surface area contributed by atoms with Gasteiger partial charge in [0, 0.05) is 9.80 Å². The van der Waals surface area contributed by atoms with E-state index in [2.05, 4.69) is 70.0 Å². The fourth-order valence-corrected chi connectivity index (χ4v) is 3.15. The smallest absolute Gasteiger partial charge is 0.0175 e. The predicted molar refractivity (Wildman–Crippen MR) is 79.2 cm³/mol. The normalized spacial score (nSPS) is 14.8. The van der Waals surface area contributed by atoms with Crippen LogP contribution in [0.25, 0.3) is 0 Å². The van der Waals surface area contributed by atoms with Crippen molar-refractivity contribution in [1.29, 1.82) is 0 Å². The van der Waals surface area contributed by atoms with Crippen molar-refractivity contribution < 1.29 is 0 Å². The highest BCUT2D eigenvalue weighted by molar-refractivity contribution is 9.10. The van der Waals surface area contributed by atoms with E-state index in [-0.39, 0.29) is 0 Å². The highest BCUT2D eigenvalue weighted by Crippen LogP contribution is 2.24. The van der Waals surface area contributed by atoms with E-state index in [4.69, 9.17) is 0 Å². The maximum atomic E-state index is 3.65. The van der Waals surface area contributed by atoms with Gasteiger partial charge in [-0.25, -0.2) is 0 Å². The van der Waals surface area contributed by atoms with Crippen molar-refractivity contribution in [3.63, 3.8) is 0 Å². The first-order chi connectivity index (χ1) is 7.67. The molecule has 0 nitrogen and oxygen atoms in total. The summed E-state index contributed by atoms with van der Waals surface area (Å²) >= 11 is 7.12. The second-order valence-electron chi connectivity index (χ2n) is 4.51. The third-order valence-corrected chi connectivity index (χ3v) is 4.52. The molecular weight excluding hydrogens is 328 g/mol. The molecule has 0 aliphatic rings. The van der Waals surface area contributed by atoms with Crippen molar-refractivity contribution in [2.24, 2.45) is 11.8 Å². The van der Waals surface area contributed by atoms with Crippen LogP contribution in [0.4, 0.5) is 0 Å². The van der Waals surface area contributed by atoms with Gasteiger partial charge in [-0.1, -0.05) is 70.7 Å². The molecule has 1 aromatic rings. The zero-order valence-electron chi connectivity index (χ0n) is 10.0. The standard InChI is InChI=1S/C14H20Br2/c1-3-4-11(2)13(10-15)9-12-5-7-14(16)8-6-12/h5-8,11,13H,3-4,9-10H2,1-2H3. The van der Waals surface area contributed by atoms with E-state index < -0.39 is 0 Å². The van der Waals surface area contributed by atoms with Crippen molar-refractivity contribution in [2.45, 2.75) is 33.1 Å². The topological polar surface area (TPSA) is 0 Å². The zero-order valence-corrected chi connectivity index (χ0v) is 13.2. The molecular formula is C14H20Br2. The van der Waals surface area contributed by atoms with Crippen molar-refractivity contribution >= 4 is 31.9 Å². The molecule has 0 heterocycles. The molecule has 2 heteroatoms. The van der Waals surface area contributed by atoms with Crippen LogP contribution in [0.5, 0.6) is 0 Å². The van der Waals surface area contributed by atoms with Gasteiger partial charge in [-0.05, 0) is 36.0 Å². The minimum absolute atomic E-state index is 0.751. The molecule has 0 fully saturated rings. The van der Waals surface area contributed by atoms with Crippen molar-refractivity contribution in [3.05, 3.63) is 34.3 Å². The Kier molecular flexibility index (Phi) is 6.67. The average molecular weight is 348 g/mol. The molecule has 1 aromatic carbocycles. The summed E-state index contributed by atoms with van der Waals surface area (Å²) in [6.45, 7) is 4.63. The molecule has 0 bridgehead atoms. The molecule has 0 spiro atoms. The van der Waals surface area contributed by atoms with Gasteiger partial charge in [0.2, 0.25) is 0 Å². The van der Waals surface area contributed by atoms with Crippen LogP contribution in [0.3, 0.4) is 0 Å². The fraction of sp³-hybridized carbons (Fsp3) is 0.571. The zero-order chi connectivity index (χ0) is 12.0. The molecule has 0 saturated carbocycles. The van der Waals surface area contributed by atoms with Gasteiger partial charge in [-0.15, -0.1) is 0 Å². The Morgan fingerprint density at radius 3 is 2.31 bits per heavy atom. The Morgan fingerprint density at radius 2 is 1.81 bits per heavy atom. The van der Waals surface area contributed by atoms with Gasteiger partial charge >= 0.3 is 0 Å². The Bertz CT molecular complexity index is 292. The maximum Gasteiger partial charge on any atom is 0.0175 e. The van der Waals surface area contributed by atoms with Gasteiger partial charge in [0.15, 0.2) is 0 Å². The molecule has 0 aliphatic heterocycles. The largest absolute Gasteiger partial charge is 0.0925 e. The third kappa shape index (κ3) is 4.58. The van der Waals surface area contributed by atoms with E-state index in [0.29, 0.717) is 0 Å². The highest BCUT2D eigenvalue weighted by atomic mass is 79.9. The second-order valence-corrected chi connectivity index (χ2v) is 6.07. The van der Waals surface area contributed by atoms with E-state index >= 15 is 0 Å². The number of hydrogen-bond donors (Lipinski definition) is 0. The van der Waals surface area contributed by atoms with Gasteiger partial charge < -0.3 is 0 Å². The first kappa shape index (κ1) is 14.2. The van der Waals surface area contributed by atoms with E-state index in [1.165, 1.54) is 24.8 Å². The number of hydrogen-bond acceptors (Lipinski definition) is 0. The summed E-state index contributed by atoms with van der Waals surface area (Å²) in [4.78, 5) is 0. The summed E-state index contributed by atoms with van der Waals surface area (Å²) in [5, 5.41) is 1.10. The number of alkyl halides is 1. The number of halogens is 2. The second kappa shape index (κ2) is 7.50. The lowest BCUT2D eigenvalue weighted by molar-refractivity contribution is 0.367. The first-order valence-electron chi connectivity index (χ1n) is 5.97. The lowest BCUT2D eigenvalue weighted by Crippen LogP contribution is -2.16. The highest BCUT2D eigenvalue weighted by Gasteiger charge is 2.15. The Labute approximate surface area is 116 Å². The Balaban J connectivity index is 2.59. The molecule has 0 aliphatic carbocycles. The summed E-state index contributed by atoms with van der Waals surface area (Å²) in [6, 6.07) is 8.70. The molecule has 90 valence electrons. The Hall–Kier alpha value is 0.180. The third-order valence-electron chi connectivity index (χ3n) is 3.16. The molecule has 0 N–H and O–H groups in total. The van der Waals surface area contributed by atoms with Crippen LogP contribution < -0.4 is 0 Å². The SMILES string of the molecule is CCCC(C)C(CBr)Cc1ccc(Br)cc1. The minimum Gasteiger partial charge on any atom is -0.0925 e. The van der Waals surface area contributed by atoms with E-state index in [0.717, 1.165) is 21.6 Å². The van der Waals surface area contributed by atoms with Gasteiger partial charge in [-0.3, -0.25) is 0 Å².